The Morgan fingerprint density at radius 3 is 2.67 bits per heavy atom. The Kier molecular flexibility index (Phi) is 4.39. The lowest BCUT2D eigenvalue weighted by Gasteiger charge is -2.05. The maximum absolute atomic E-state index is 12.2. The van der Waals surface area contributed by atoms with Gasteiger partial charge in [-0.15, -0.1) is 0 Å². The molecule has 0 fully saturated rings. The number of rotatable bonds is 5. The molecule has 7 nitrogen and oxygen atoms in total. The van der Waals surface area contributed by atoms with Crippen LogP contribution in [0.2, 0.25) is 0 Å². The molecule has 0 aliphatic rings. The van der Waals surface area contributed by atoms with Gasteiger partial charge in [-0.3, -0.25) is 9.29 Å². The second kappa shape index (κ2) is 6.63. The summed E-state index contributed by atoms with van der Waals surface area (Å²) >= 11 is 0. The molecular formula is C16H15N5O2S. The zero-order valence-electron chi connectivity index (χ0n) is 12.9. The normalized spacial score (nSPS) is 11.7. The Hall–Kier alpha value is -3.00. The number of nitrogens with one attached hydrogen (secondary N) is 1. The molecule has 24 heavy (non-hydrogen) atoms. The fourth-order valence-electron chi connectivity index (χ4n) is 1.96. The van der Waals surface area contributed by atoms with Crippen LogP contribution in [0.4, 0.5) is 5.82 Å². The zero-order chi connectivity index (χ0) is 17.0. The molecule has 2 aromatic heterocycles. The van der Waals surface area contributed by atoms with Crippen LogP contribution in [0, 0.1) is 6.92 Å². The molecule has 0 aliphatic heterocycles. The number of aryl methyl sites for hydroxylation is 1. The van der Waals surface area contributed by atoms with Crippen LogP contribution in [0.3, 0.4) is 0 Å². The van der Waals surface area contributed by atoms with E-state index in [9.17, 15) is 8.42 Å². The number of hydrogen-bond acceptors (Lipinski definition) is 5. The van der Waals surface area contributed by atoms with Crippen molar-refractivity contribution in [2.45, 2.75) is 6.92 Å². The highest BCUT2D eigenvalue weighted by atomic mass is 32.2. The van der Waals surface area contributed by atoms with E-state index in [1.807, 2.05) is 31.2 Å². The first-order chi connectivity index (χ1) is 11.5. The van der Waals surface area contributed by atoms with Crippen molar-refractivity contribution in [3.63, 3.8) is 0 Å². The molecule has 0 atom stereocenters. The van der Waals surface area contributed by atoms with Crippen molar-refractivity contribution in [3.05, 3.63) is 71.9 Å². The average Bonchev–Trinajstić information content (AvgIpc) is 3.09. The van der Waals surface area contributed by atoms with Crippen molar-refractivity contribution >= 4 is 21.9 Å². The molecule has 0 bridgehead atoms. The first-order valence-electron chi connectivity index (χ1n) is 7.10. The van der Waals surface area contributed by atoms with E-state index in [1.165, 1.54) is 18.5 Å². The van der Waals surface area contributed by atoms with Crippen molar-refractivity contribution in [2.24, 2.45) is 0 Å². The number of hydrogen-bond donors (Lipinski definition) is 1. The third-order valence-electron chi connectivity index (χ3n) is 3.19. The van der Waals surface area contributed by atoms with Gasteiger partial charge in [-0.05, 0) is 18.6 Å². The van der Waals surface area contributed by atoms with Crippen molar-refractivity contribution in [1.29, 1.82) is 0 Å². The molecular weight excluding hydrogens is 326 g/mol. The number of nitrogens with zero attached hydrogens (tertiary/aromatic N) is 4. The van der Waals surface area contributed by atoms with Gasteiger partial charge in [0.1, 0.15) is 24.3 Å². The number of imidazole rings is 1. The summed E-state index contributed by atoms with van der Waals surface area (Å²) in [6, 6.07) is 9.06. The molecule has 1 N–H and O–H groups in total. The minimum Gasteiger partial charge on any atom is -0.290 e. The quantitative estimate of drug-likeness (QED) is 0.769. The lowest BCUT2D eigenvalue weighted by atomic mass is 10.2. The van der Waals surface area contributed by atoms with E-state index in [0.29, 0.717) is 5.82 Å². The van der Waals surface area contributed by atoms with Crippen molar-refractivity contribution in [2.75, 3.05) is 4.72 Å². The van der Waals surface area contributed by atoms with E-state index in [0.717, 1.165) is 16.5 Å². The van der Waals surface area contributed by atoms with Crippen LogP contribution in [0.25, 0.3) is 11.9 Å². The van der Waals surface area contributed by atoms with Gasteiger partial charge in [0, 0.05) is 18.5 Å². The third kappa shape index (κ3) is 4.05. The molecule has 2 heterocycles. The summed E-state index contributed by atoms with van der Waals surface area (Å²) in [6.07, 6.45) is 7.70. The van der Waals surface area contributed by atoms with E-state index < -0.39 is 10.0 Å². The van der Waals surface area contributed by atoms with E-state index in [4.69, 9.17) is 0 Å². The van der Waals surface area contributed by atoms with Crippen LogP contribution in [-0.4, -0.2) is 27.9 Å². The predicted molar refractivity (Wildman–Crippen MR) is 91.9 cm³/mol. The van der Waals surface area contributed by atoms with Gasteiger partial charge in [-0.25, -0.2) is 23.4 Å². The largest absolute Gasteiger partial charge is 0.290 e. The van der Waals surface area contributed by atoms with Gasteiger partial charge in [0.05, 0.1) is 5.41 Å². The molecule has 0 spiro atoms. The Balaban J connectivity index is 1.77. The van der Waals surface area contributed by atoms with Crippen LogP contribution in [0.1, 0.15) is 11.1 Å². The molecule has 0 aliphatic carbocycles. The predicted octanol–water partition coefficient (Wildman–Crippen LogP) is 2.38. The first kappa shape index (κ1) is 15.9. The van der Waals surface area contributed by atoms with Gasteiger partial charge in [0.25, 0.3) is 10.0 Å². The van der Waals surface area contributed by atoms with Gasteiger partial charge in [-0.2, -0.15) is 0 Å². The summed E-state index contributed by atoms with van der Waals surface area (Å²) in [6.45, 7) is 1.97. The number of sulfonamides is 1. The highest BCUT2D eigenvalue weighted by Gasteiger charge is 2.08. The van der Waals surface area contributed by atoms with Crippen molar-refractivity contribution in [1.82, 2.24) is 19.5 Å². The average molecular weight is 341 g/mol. The van der Waals surface area contributed by atoms with E-state index in [1.54, 1.807) is 23.3 Å². The van der Waals surface area contributed by atoms with Crippen LogP contribution in [0.5, 0.6) is 0 Å². The molecule has 3 aromatic rings. The fourth-order valence-corrected chi connectivity index (χ4v) is 2.77. The van der Waals surface area contributed by atoms with Crippen LogP contribution in [0.15, 0.2) is 60.8 Å². The molecule has 3 rings (SSSR count). The molecule has 1 aromatic carbocycles. The minimum absolute atomic E-state index is 0.183. The number of anilines is 1. The topological polar surface area (TPSA) is 89.8 Å². The Labute approximate surface area is 139 Å². The standard InChI is InChI=1S/C16H15N5O2S/c1-13-2-4-14(5-3-13)6-9-24(22,23)20-15-10-16(19-11-18-15)21-8-7-17-12-21/h2-12H,1H3,(H,18,19,20)/b9-6+. The molecule has 0 unspecified atom stereocenters. The lowest BCUT2D eigenvalue weighted by Crippen LogP contribution is -2.11. The molecule has 0 radical (unpaired) electrons. The molecule has 0 amide bonds. The summed E-state index contributed by atoms with van der Waals surface area (Å²) in [5, 5.41) is 1.11. The third-order valence-corrected chi connectivity index (χ3v) is 4.17. The van der Waals surface area contributed by atoms with Gasteiger partial charge in [0.15, 0.2) is 0 Å². The van der Waals surface area contributed by atoms with Gasteiger partial charge in [-0.1, -0.05) is 29.8 Å². The van der Waals surface area contributed by atoms with Crippen LogP contribution < -0.4 is 4.72 Å². The van der Waals surface area contributed by atoms with E-state index >= 15 is 0 Å². The van der Waals surface area contributed by atoms with Crippen LogP contribution in [-0.2, 0) is 10.0 Å². The highest BCUT2D eigenvalue weighted by molar-refractivity contribution is 7.95. The zero-order valence-corrected chi connectivity index (χ0v) is 13.7. The first-order valence-corrected chi connectivity index (χ1v) is 8.64. The second-order valence-corrected chi connectivity index (χ2v) is 6.66. The fraction of sp³-hybridized carbons (Fsp3) is 0.0625. The monoisotopic (exact) mass is 341 g/mol. The molecule has 0 saturated carbocycles. The molecule has 122 valence electrons. The summed E-state index contributed by atoms with van der Waals surface area (Å²) in [7, 11) is -3.67. The summed E-state index contributed by atoms with van der Waals surface area (Å²) < 4.78 is 28.4. The van der Waals surface area contributed by atoms with E-state index in [2.05, 4.69) is 19.7 Å². The van der Waals surface area contributed by atoms with Gasteiger partial charge >= 0.3 is 0 Å². The maximum atomic E-state index is 12.2. The second-order valence-electron chi connectivity index (χ2n) is 5.09. The van der Waals surface area contributed by atoms with Gasteiger partial charge in [0.2, 0.25) is 0 Å². The Bertz CT molecular complexity index is 948. The molecule has 8 heteroatoms. The smallest absolute Gasteiger partial charge is 0.256 e. The van der Waals surface area contributed by atoms with Crippen molar-refractivity contribution < 1.29 is 8.42 Å². The SMILES string of the molecule is Cc1ccc(/C=C/S(=O)(=O)Nc2cc(-n3ccnc3)ncn2)cc1. The number of aromatic nitrogens is 4. The highest BCUT2D eigenvalue weighted by Crippen LogP contribution is 2.12. The minimum atomic E-state index is -3.67. The lowest BCUT2D eigenvalue weighted by molar-refractivity contribution is 0.609. The molecule has 0 saturated heterocycles. The Morgan fingerprint density at radius 1 is 1.17 bits per heavy atom. The summed E-state index contributed by atoms with van der Waals surface area (Å²) in [4.78, 5) is 11.9. The maximum Gasteiger partial charge on any atom is 0.256 e. The summed E-state index contributed by atoms with van der Waals surface area (Å²) in [5.41, 5.74) is 1.91. The summed E-state index contributed by atoms with van der Waals surface area (Å²) in [5.74, 6) is 0.699. The van der Waals surface area contributed by atoms with E-state index in [-0.39, 0.29) is 5.82 Å². The van der Waals surface area contributed by atoms with Crippen molar-refractivity contribution in [3.8, 4) is 5.82 Å². The number of benzene rings is 1. The Morgan fingerprint density at radius 2 is 1.96 bits per heavy atom. The van der Waals surface area contributed by atoms with Gasteiger partial charge < -0.3 is 0 Å². The van der Waals surface area contributed by atoms with Crippen LogP contribution >= 0.6 is 0 Å².